The van der Waals surface area contributed by atoms with Gasteiger partial charge in [0, 0.05) is 10.4 Å². The number of aromatic amines is 1. The smallest absolute Gasteiger partial charge is 0.260 e. The van der Waals surface area contributed by atoms with Crippen LogP contribution in [-0.4, -0.2) is 23.9 Å². The van der Waals surface area contributed by atoms with E-state index in [2.05, 4.69) is 41.7 Å². The van der Waals surface area contributed by atoms with Crippen LogP contribution < -0.4 is 24.5 Å². The molecule has 198 valence electrons. The summed E-state index contributed by atoms with van der Waals surface area (Å²) in [7, 11) is 1.59. The molecule has 4 aromatic rings. The number of nitrogens with one attached hydrogen (secondary N) is 1. The summed E-state index contributed by atoms with van der Waals surface area (Å²) in [6.45, 7) is 7.45. The molecule has 2 aliphatic rings. The van der Waals surface area contributed by atoms with Crippen LogP contribution in [0.5, 0.6) is 23.0 Å². The highest BCUT2D eigenvalue weighted by atomic mass is 79.9. The molecule has 7 nitrogen and oxygen atoms in total. The van der Waals surface area contributed by atoms with Crippen LogP contribution in [0.25, 0.3) is 21.6 Å². The summed E-state index contributed by atoms with van der Waals surface area (Å²) >= 11 is 5.29. The number of benzene rings is 2. The first-order valence-electron chi connectivity index (χ1n) is 12.6. The molecule has 0 amide bonds. The van der Waals surface area contributed by atoms with Gasteiger partial charge in [-0.2, -0.15) is 0 Å². The first-order valence-corrected chi connectivity index (χ1v) is 14.3. The highest BCUT2D eigenvalue weighted by molar-refractivity contribution is 9.10. The van der Waals surface area contributed by atoms with Gasteiger partial charge >= 0.3 is 0 Å². The van der Waals surface area contributed by atoms with Crippen molar-refractivity contribution in [2.45, 2.75) is 46.6 Å². The number of hydrogen-bond donors (Lipinski definition) is 1. The van der Waals surface area contributed by atoms with Crippen LogP contribution in [-0.2, 0) is 19.4 Å². The van der Waals surface area contributed by atoms with Gasteiger partial charge in [-0.25, -0.2) is 4.98 Å². The summed E-state index contributed by atoms with van der Waals surface area (Å²) in [5.74, 6) is 3.66. The van der Waals surface area contributed by atoms with E-state index in [0.717, 1.165) is 46.4 Å². The van der Waals surface area contributed by atoms with Gasteiger partial charge < -0.3 is 23.9 Å². The molecule has 2 aromatic heterocycles. The van der Waals surface area contributed by atoms with E-state index in [4.69, 9.17) is 23.9 Å². The summed E-state index contributed by atoms with van der Waals surface area (Å²) < 4.78 is 23.3. The highest BCUT2D eigenvalue weighted by Gasteiger charge is 2.32. The Balaban J connectivity index is 1.30. The van der Waals surface area contributed by atoms with E-state index >= 15 is 0 Å². The largest absolute Gasteiger partial charge is 0.493 e. The predicted octanol–water partition coefficient (Wildman–Crippen LogP) is 6.88. The zero-order valence-corrected chi connectivity index (χ0v) is 24.2. The van der Waals surface area contributed by atoms with E-state index in [1.165, 1.54) is 10.4 Å². The number of nitrogens with zero attached hydrogens (tertiary/aromatic N) is 1. The Bertz CT molecular complexity index is 1600. The lowest BCUT2D eigenvalue weighted by Gasteiger charge is -2.33. The fourth-order valence-corrected chi connectivity index (χ4v) is 7.10. The average Bonchev–Trinajstić information content (AvgIpc) is 3.50. The lowest BCUT2D eigenvalue weighted by molar-refractivity contribution is 0.174. The Labute approximate surface area is 233 Å². The van der Waals surface area contributed by atoms with Crippen LogP contribution in [0.1, 0.15) is 43.2 Å². The first kappa shape index (κ1) is 25.2. The molecule has 1 aliphatic carbocycles. The van der Waals surface area contributed by atoms with Crippen LogP contribution in [0.4, 0.5) is 0 Å². The summed E-state index contributed by atoms with van der Waals surface area (Å²) in [4.78, 5) is 23.3. The van der Waals surface area contributed by atoms with Crippen LogP contribution in [0.2, 0.25) is 0 Å². The van der Waals surface area contributed by atoms with E-state index < -0.39 is 0 Å². The molecule has 1 aliphatic heterocycles. The lowest BCUT2D eigenvalue weighted by Crippen LogP contribution is -2.26. The van der Waals surface area contributed by atoms with Gasteiger partial charge in [0.1, 0.15) is 17.3 Å². The molecule has 3 heterocycles. The van der Waals surface area contributed by atoms with E-state index in [9.17, 15) is 4.79 Å². The van der Waals surface area contributed by atoms with Gasteiger partial charge in [0.05, 0.1) is 17.0 Å². The number of rotatable bonds is 5. The zero-order valence-electron chi connectivity index (χ0n) is 21.8. The summed E-state index contributed by atoms with van der Waals surface area (Å²) in [6, 6.07) is 9.46. The highest BCUT2D eigenvalue weighted by Crippen LogP contribution is 2.43. The van der Waals surface area contributed by atoms with E-state index in [0.29, 0.717) is 40.1 Å². The number of ether oxygens (including phenoxy) is 4. The minimum atomic E-state index is -0.0880. The summed E-state index contributed by atoms with van der Waals surface area (Å²) in [5.41, 5.74) is 3.02. The summed E-state index contributed by atoms with van der Waals surface area (Å²) in [5, 5.41) is 0.746. The second-order valence-corrected chi connectivity index (χ2v) is 12.8. The van der Waals surface area contributed by atoms with Gasteiger partial charge in [0.15, 0.2) is 23.0 Å². The number of aromatic nitrogens is 2. The Morgan fingerprint density at radius 3 is 2.79 bits per heavy atom. The van der Waals surface area contributed by atoms with Crippen molar-refractivity contribution in [2.24, 2.45) is 11.3 Å². The molecule has 1 N–H and O–H groups in total. The standard InChI is InChI=1S/C29H29BrN2O5S/c1-29(2,3)17-6-7-18-23(12-17)38-28-24(18)27(33)31-26(32-28)16-10-19(30)25(22(11-16)34-4)35-13-15-5-8-20-21(9-15)37-14-36-20/h5,8-11,17H,6-7,12-14H2,1-4H3,(H,31,32,33). The molecule has 0 bridgehead atoms. The third kappa shape index (κ3) is 4.56. The SMILES string of the molecule is COc1cc(-c2nc3sc4c(c3c(=O)[nH]2)CCC(C(C)(C)C)C4)cc(Br)c1OCc1ccc2c(c1)OCO2. The Morgan fingerprint density at radius 1 is 1.18 bits per heavy atom. The molecule has 0 fully saturated rings. The van der Waals surface area contributed by atoms with Gasteiger partial charge in [-0.05, 0) is 81.9 Å². The minimum Gasteiger partial charge on any atom is -0.493 e. The number of thiophene rings is 1. The predicted molar refractivity (Wildman–Crippen MR) is 152 cm³/mol. The number of methoxy groups -OCH3 is 1. The monoisotopic (exact) mass is 596 g/mol. The number of halogens is 1. The van der Waals surface area contributed by atoms with Crippen LogP contribution in [0.15, 0.2) is 39.6 Å². The van der Waals surface area contributed by atoms with Crippen molar-refractivity contribution in [3.63, 3.8) is 0 Å². The molecule has 6 rings (SSSR count). The first-order chi connectivity index (χ1) is 18.2. The van der Waals surface area contributed by atoms with Crippen molar-refractivity contribution in [1.29, 1.82) is 0 Å². The minimum absolute atomic E-state index is 0.0880. The third-order valence-corrected chi connectivity index (χ3v) is 9.20. The maximum atomic E-state index is 13.3. The average molecular weight is 598 g/mol. The van der Waals surface area contributed by atoms with Gasteiger partial charge in [-0.1, -0.05) is 26.8 Å². The van der Waals surface area contributed by atoms with Crippen molar-refractivity contribution in [3.05, 3.63) is 61.2 Å². The molecular formula is C29H29BrN2O5S. The zero-order chi connectivity index (χ0) is 26.6. The van der Waals surface area contributed by atoms with Crippen molar-refractivity contribution < 1.29 is 18.9 Å². The fraction of sp³-hybridized carbons (Fsp3) is 0.379. The number of aryl methyl sites for hydroxylation is 1. The van der Waals surface area contributed by atoms with Crippen LogP contribution in [0, 0.1) is 11.3 Å². The summed E-state index contributed by atoms with van der Waals surface area (Å²) in [6.07, 6.45) is 3.03. The van der Waals surface area contributed by atoms with E-state index in [1.807, 2.05) is 30.3 Å². The van der Waals surface area contributed by atoms with Gasteiger partial charge in [0.2, 0.25) is 6.79 Å². The molecule has 0 saturated carbocycles. The molecule has 38 heavy (non-hydrogen) atoms. The second-order valence-electron chi connectivity index (χ2n) is 10.9. The maximum Gasteiger partial charge on any atom is 0.260 e. The van der Waals surface area contributed by atoms with Gasteiger partial charge in [0.25, 0.3) is 5.56 Å². The number of H-pyrrole nitrogens is 1. The van der Waals surface area contributed by atoms with Crippen LogP contribution >= 0.6 is 27.3 Å². The number of fused-ring (bicyclic) bond motifs is 4. The topological polar surface area (TPSA) is 82.7 Å². The molecule has 9 heteroatoms. The molecule has 0 spiro atoms. The molecular weight excluding hydrogens is 568 g/mol. The van der Waals surface area contributed by atoms with Crippen molar-refractivity contribution >= 4 is 37.5 Å². The van der Waals surface area contributed by atoms with Gasteiger partial charge in [-0.15, -0.1) is 11.3 Å². The molecule has 1 unspecified atom stereocenters. The van der Waals surface area contributed by atoms with Crippen LogP contribution in [0.3, 0.4) is 0 Å². The van der Waals surface area contributed by atoms with E-state index in [-0.39, 0.29) is 17.8 Å². The third-order valence-electron chi connectivity index (χ3n) is 7.47. The molecule has 0 radical (unpaired) electrons. The number of hydrogen-bond acceptors (Lipinski definition) is 7. The quantitative estimate of drug-likeness (QED) is 0.270. The normalized spacial score (nSPS) is 16.5. The van der Waals surface area contributed by atoms with E-state index in [1.54, 1.807) is 18.4 Å². The second kappa shape index (κ2) is 9.61. The molecule has 0 saturated heterocycles. The Kier molecular flexibility index (Phi) is 6.39. The van der Waals surface area contributed by atoms with Crippen molar-refractivity contribution in [3.8, 4) is 34.4 Å². The fourth-order valence-electron chi connectivity index (χ4n) is 5.24. The molecule has 1 atom stereocenters. The lowest BCUT2D eigenvalue weighted by atomic mass is 9.72. The van der Waals surface area contributed by atoms with Crippen molar-refractivity contribution in [2.75, 3.05) is 13.9 Å². The Hall–Kier alpha value is -3.04. The maximum absolute atomic E-state index is 13.3. The molecule has 2 aromatic carbocycles. The van der Waals surface area contributed by atoms with Gasteiger partial charge in [-0.3, -0.25) is 4.79 Å². The Morgan fingerprint density at radius 2 is 2.00 bits per heavy atom. The van der Waals surface area contributed by atoms with Crippen molar-refractivity contribution in [1.82, 2.24) is 9.97 Å².